The van der Waals surface area contributed by atoms with Gasteiger partial charge in [0.2, 0.25) is 5.91 Å². The fourth-order valence-electron chi connectivity index (χ4n) is 2.76. The molecule has 1 amide bonds. The fourth-order valence-corrected chi connectivity index (χ4v) is 2.76. The number of hydrogen-bond acceptors (Lipinski definition) is 2. The molecule has 2 aliphatic rings. The molecule has 2 saturated heterocycles. The zero-order valence-electron chi connectivity index (χ0n) is 9.49. The van der Waals surface area contributed by atoms with Crippen LogP contribution in [0.5, 0.6) is 0 Å². The van der Waals surface area contributed by atoms with Crippen molar-refractivity contribution in [2.75, 3.05) is 13.2 Å². The average Bonchev–Trinajstić information content (AvgIpc) is 2.70. The summed E-state index contributed by atoms with van der Waals surface area (Å²) in [6.07, 6.45) is 2.05. The summed E-state index contributed by atoms with van der Waals surface area (Å²) in [6, 6.07) is 6.27. The van der Waals surface area contributed by atoms with Crippen LogP contribution < -0.4 is 0 Å². The summed E-state index contributed by atoms with van der Waals surface area (Å²) >= 11 is 0. The van der Waals surface area contributed by atoms with Gasteiger partial charge in [-0.25, -0.2) is 4.39 Å². The Kier molecular flexibility index (Phi) is 2.40. The van der Waals surface area contributed by atoms with Gasteiger partial charge >= 0.3 is 0 Å². The van der Waals surface area contributed by atoms with Gasteiger partial charge in [-0.05, 0) is 18.6 Å². The van der Waals surface area contributed by atoms with Crippen molar-refractivity contribution in [3.05, 3.63) is 35.6 Å². The van der Waals surface area contributed by atoms with Crippen LogP contribution in [0.3, 0.4) is 0 Å². The van der Waals surface area contributed by atoms with Crippen LogP contribution in [0, 0.1) is 5.82 Å². The summed E-state index contributed by atoms with van der Waals surface area (Å²) in [6.45, 7) is 1.39. The van der Waals surface area contributed by atoms with Crippen molar-refractivity contribution in [3.8, 4) is 0 Å². The van der Waals surface area contributed by atoms with E-state index >= 15 is 0 Å². The van der Waals surface area contributed by atoms with E-state index < -0.39 is 5.72 Å². The van der Waals surface area contributed by atoms with E-state index in [1.54, 1.807) is 17.0 Å². The Morgan fingerprint density at radius 1 is 1.29 bits per heavy atom. The van der Waals surface area contributed by atoms with Crippen LogP contribution in [-0.2, 0) is 15.3 Å². The highest BCUT2D eigenvalue weighted by Gasteiger charge is 2.49. The van der Waals surface area contributed by atoms with Gasteiger partial charge in [-0.3, -0.25) is 4.79 Å². The number of carbonyl (C=O) groups excluding carboxylic acids is 1. The van der Waals surface area contributed by atoms with Crippen LogP contribution in [0.25, 0.3) is 0 Å². The van der Waals surface area contributed by atoms with Gasteiger partial charge in [0, 0.05) is 24.9 Å². The molecule has 0 N–H and O–H groups in total. The quantitative estimate of drug-likeness (QED) is 0.745. The van der Waals surface area contributed by atoms with Crippen LogP contribution in [0.15, 0.2) is 24.3 Å². The lowest BCUT2D eigenvalue weighted by molar-refractivity contribution is -0.183. The third-order valence-electron chi connectivity index (χ3n) is 3.58. The Morgan fingerprint density at radius 3 is 2.82 bits per heavy atom. The van der Waals surface area contributed by atoms with Gasteiger partial charge < -0.3 is 9.64 Å². The SMILES string of the molecule is O=C1CC[C@]2(c3ccc(F)cc3)OCCCN12. The van der Waals surface area contributed by atoms with Crippen molar-refractivity contribution in [2.24, 2.45) is 0 Å². The van der Waals surface area contributed by atoms with Crippen molar-refractivity contribution in [1.29, 1.82) is 0 Å². The zero-order valence-corrected chi connectivity index (χ0v) is 9.49. The maximum atomic E-state index is 13.0. The summed E-state index contributed by atoms with van der Waals surface area (Å²) < 4.78 is 18.8. The Hall–Kier alpha value is -1.42. The second kappa shape index (κ2) is 3.81. The Morgan fingerprint density at radius 2 is 2.06 bits per heavy atom. The van der Waals surface area contributed by atoms with Crippen LogP contribution in [-0.4, -0.2) is 24.0 Å². The molecule has 4 heteroatoms. The molecule has 2 fully saturated rings. The fraction of sp³-hybridized carbons (Fsp3) is 0.462. The standard InChI is InChI=1S/C13H14FNO2/c14-11-4-2-10(3-5-11)13-7-6-12(16)15(13)8-1-9-17-13/h2-5H,1,6-9H2/t13-/m1/s1. The molecule has 0 unspecified atom stereocenters. The topological polar surface area (TPSA) is 29.5 Å². The first-order valence-electron chi connectivity index (χ1n) is 5.93. The third kappa shape index (κ3) is 1.55. The number of benzene rings is 1. The normalized spacial score (nSPS) is 28.3. The molecule has 3 rings (SSSR count). The van der Waals surface area contributed by atoms with E-state index in [0.717, 1.165) is 18.5 Å². The minimum absolute atomic E-state index is 0.133. The number of fused-ring (bicyclic) bond motifs is 1. The van der Waals surface area contributed by atoms with E-state index in [4.69, 9.17) is 4.74 Å². The van der Waals surface area contributed by atoms with Gasteiger partial charge in [0.05, 0.1) is 6.61 Å². The molecule has 1 aromatic rings. The lowest BCUT2D eigenvalue weighted by atomic mass is 9.98. The lowest BCUT2D eigenvalue weighted by Gasteiger charge is -2.42. The molecular formula is C13H14FNO2. The van der Waals surface area contributed by atoms with Gasteiger partial charge in [-0.1, -0.05) is 12.1 Å². The molecular weight excluding hydrogens is 221 g/mol. The van der Waals surface area contributed by atoms with E-state index in [-0.39, 0.29) is 11.7 Å². The van der Waals surface area contributed by atoms with Crippen LogP contribution in [0.4, 0.5) is 4.39 Å². The highest BCUT2D eigenvalue weighted by atomic mass is 19.1. The summed E-state index contributed by atoms with van der Waals surface area (Å²) in [5.41, 5.74) is 0.243. The van der Waals surface area contributed by atoms with E-state index in [1.807, 2.05) is 0 Å². The molecule has 2 heterocycles. The van der Waals surface area contributed by atoms with Crippen molar-refractivity contribution in [1.82, 2.24) is 4.90 Å². The van der Waals surface area contributed by atoms with Crippen molar-refractivity contribution in [3.63, 3.8) is 0 Å². The smallest absolute Gasteiger partial charge is 0.225 e. The molecule has 0 radical (unpaired) electrons. The maximum Gasteiger partial charge on any atom is 0.225 e. The van der Waals surface area contributed by atoms with Crippen LogP contribution in [0.1, 0.15) is 24.8 Å². The number of rotatable bonds is 1. The van der Waals surface area contributed by atoms with E-state index in [2.05, 4.69) is 0 Å². The Balaban J connectivity index is 2.03. The third-order valence-corrected chi connectivity index (χ3v) is 3.58. The zero-order chi connectivity index (χ0) is 11.9. The highest BCUT2D eigenvalue weighted by molar-refractivity contribution is 5.79. The average molecular weight is 235 g/mol. The molecule has 2 aliphatic heterocycles. The van der Waals surface area contributed by atoms with E-state index in [9.17, 15) is 9.18 Å². The van der Waals surface area contributed by atoms with Crippen molar-refractivity contribution >= 4 is 5.91 Å². The number of nitrogens with zero attached hydrogens (tertiary/aromatic N) is 1. The summed E-state index contributed by atoms with van der Waals surface area (Å²) in [4.78, 5) is 13.6. The summed E-state index contributed by atoms with van der Waals surface area (Å²) in [5, 5.41) is 0. The number of hydrogen-bond donors (Lipinski definition) is 0. The molecule has 90 valence electrons. The number of halogens is 1. The van der Waals surface area contributed by atoms with Gasteiger partial charge in [0.1, 0.15) is 5.82 Å². The van der Waals surface area contributed by atoms with Gasteiger partial charge in [-0.15, -0.1) is 0 Å². The van der Waals surface area contributed by atoms with Gasteiger partial charge in [-0.2, -0.15) is 0 Å². The monoisotopic (exact) mass is 235 g/mol. The molecule has 0 aliphatic carbocycles. The second-order valence-corrected chi connectivity index (χ2v) is 4.54. The molecule has 0 spiro atoms. The maximum absolute atomic E-state index is 13.0. The van der Waals surface area contributed by atoms with Crippen molar-refractivity contribution < 1.29 is 13.9 Å². The largest absolute Gasteiger partial charge is 0.351 e. The molecule has 1 atom stereocenters. The predicted octanol–water partition coefficient (Wildman–Crippen LogP) is 2.02. The van der Waals surface area contributed by atoms with E-state index in [0.29, 0.717) is 19.4 Å². The molecule has 1 aromatic carbocycles. The first-order valence-corrected chi connectivity index (χ1v) is 5.93. The highest BCUT2D eigenvalue weighted by Crippen LogP contribution is 2.42. The molecule has 0 saturated carbocycles. The minimum atomic E-state index is -0.636. The van der Waals surface area contributed by atoms with Gasteiger partial charge in [0.25, 0.3) is 0 Å². The predicted molar refractivity (Wildman–Crippen MR) is 59.6 cm³/mol. The van der Waals surface area contributed by atoms with Crippen LogP contribution >= 0.6 is 0 Å². The minimum Gasteiger partial charge on any atom is -0.351 e. The Bertz CT molecular complexity index is 445. The van der Waals surface area contributed by atoms with E-state index in [1.165, 1.54) is 12.1 Å². The first kappa shape index (κ1) is 10.7. The molecule has 17 heavy (non-hydrogen) atoms. The lowest BCUT2D eigenvalue weighted by Crippen LogP contribution is -2.49. The Labute approximate surface area is 99.2 Å². The molecule has 3 nitrogen and oxygen atoms in total. The van der Waals surface area contributed by atoms with Crippen LogP contribution in [0.2, 0.25) is 0 Å². The molecule has 0 aromatic heterocycles. The first-order chi connectivity index (χ1) is 8.22. The molecule has 0 bridgehead atoms. The van der Waals surface area contributed by atoms with Crippen molar-refractivity contribution in [2.45, 2.75) is 25.0 Å². The summed E-state index contributed by atoms with van der Waals surface area (Å²) in [7, 11) is 0. The number of amides is 1. The number of ether oxygens (including phenoxy) is 1. The van der Waals surface area contributed by atoms with Gasteiger partial charge in [0.15, 0.2) is 5.72 Å². The summed E-state index contributed by atoms with van der Waals surface area (Å²) in [5.74, 6) is -0.133. The second-order valence-electron chi connectivity index (χ2n) is 4.54. The number of carbonyl (C=O) groups is 1.